The van der Waals surface area contributed by atoms with Gasteiger partial charge >= 0.3 is 5.97 Å². The Morgan fingerprint density at radius 3 is 2.76 bits per heavy atom. The van der Waals surface area contributed by atoms with Crippen molar-refractivity contribution in [3.05, 3.63) is 35.0 Å². The van der Waals surface area contributed by atoms with E-state index >= 15 is 0 Å². The summed E-state index contributed by atoms with van der Waals surface area (Å²) < 4.78 is 34.8. The molecule has 182 valence electrons. The van der Waals surface area contributed by atoms with Crippen molar-refractivity contribution in [2.24, 2.45) is 5.41 Å². The molecule has 0 fully saturated rings. The van der Waals surface area contributed by atoms with Gasteiger partial charge in [0.2, 0.25) is 15.8 Å². The number of aryl methyl sites for hydroxylation is 2. The quantitative estimate of drug-likeness (QED) is 0.494. The van der Waals surface area contributed by atoms with E-state index < -0.39 is 16.0 Å². The lowest BCUT2D eigenvalue weighted by Gasteiger charge is -2.30. The molecule has 0 saturated carbocycles. The first kappa shape index (κ1) is 24.1. The van der Waals surface area contributed by atoms with E-state index in [1.807, 2.05) is 4.68 Å². The van der Waals surface area contributed by atoms with Crippen molar-refractivity contribution in [1.29, 1.82) is 0 Å². The van der Waals surface area contributed by atoms with Gasteiger partial charge in [-0.2, -0.15) is 10.1 Å². The molecule has 1 aliphatic rings. The minimum atomic E-state index is -3.83. The van der Waals surface area contributed by atoms with Crippen molar-refractivity contribution >= 4 is 16.0 Å². The van der Waals surface area contributed by atoms with Crippen LogP contribution in [0.3, 0.4) is 0 Å². The van der Waals surface area contributed by atoms with Crippen molar-refractivity contribution in [2.75, 3.05) is 6.54 Å². The topological polar surface area (TPSA) is 140 Å². The second-order valence-corrected chi connectivity index (χ2v) is 11.1. The van der Waals surface area contributed by atoms with E-state index in [-0.39, 0.29) is 23.3 Å². The first-order chi connectivity index (χ1) is 16.0. The molecule has 10 nitrogen and oxygen atoms in total. The summed E-state index contributed by atoms with van der Waals surface area (Å²) in [5, 5.41) is 17.6. The number of fused-ring (bicyclic) bond motifs is 1. The van der Waals surface area contributed by atoms with Gasteiger partial charge in [0.05, 0.1) is 11.3 Å². The Labute approximate surface area is 198 Å². The molecule has 1 aromatic carbocycles. The Bertz CT molecular complexity index is 1340. The van der Waals surface area contributed by atoms with Gasteiger partial charge < -0.3 is 9.63 Å². The second-order valence-electron chi connectivity index (χ2n) is 9.37. The molecule has 3 aromatic rings. The van der Waals surface area contributed by atoms with Crippen LogP contribution < -0.4 is 4.72 Å². The first-order valence-electron chi connectivity index (χ1n) is 11.3. The predicted octanol–water partition coefficient (Wildman–Crippen LogP) is 3.20. The summed E-state index contributed by atoms with van der Waals surface area (Å²) in [6.07, 6.45) is 2.60. The summed E-state index contributed by atoms with van der Waals surface area (Å²) in [5.41, 5.74) is 4.60. The van der Waals surface area contributed by atoms with E-state index in [0.717, 1.165) is 31.4 Å². The zero-order valence-corrected chi connectivity index (χ0v) is 20.6. The van der Waals surface area contributed by atoms with Crippen molar-refractivity contribution in [3.8, 4) is 23.0 Å². The highest BCUT2D eigenvalue weighted by atomic mass is 32.2. The van der Waals surface area contributed by atoms with Gasteiger partial charge in [-0.25, -0.2) is 13.1 Å². The minimum Gasteiger partial charge on any atom is -0.481 e. The molecule has 0 radical (unpaired) electrons. The van der Waals surface area contributed by atoms with Crippen LogP contribution >= 0.6 is 0 Å². The summed E-state index contributed by atoms with van der Waals surface area (Å²) >= 11 is 0. The molecule has 0 unspecified atom stereocenters. The lowest BCUT2D eigenvalue weighted by Crippen LogP contribution is -2.26. The van der Waals surface area contributed by atoms with E-state index in [1.54, 1.807) is 13.0 Å². The van der Waals surface area contributed by atoms with E-state index in [9.17, 15) is 13.2 Å². The van der Waals surface area contributed by atoms with Gasteiger partial charge in [0.15, 0.2) is 5.69 Å². The minimum absolute atomic E-state index is 0.0428. The fourth-order valence-corrected chi connectivity index (χ4v) is 5.41. The normalized spacial score (nSPS) is 15.3. The number of aromatic nitrogens is 4. The number of nitrogens with zero attached hydrogens (tertiary/aromatic N) is 4. The molecule has 34 heavy (non-hydrogen) atoms. The molecule has 2 N–H and O–H groups in total. The zero-order valence-electron chi connectivity index (χ0n) is 19.8. The molecular formula is C23H29N5O5S. The van der Waals surface area contributed by atoms with Gasteiger partial charge in [-0.1, -0.05) is 19.0 Å². The van der Waals surface area contributed by atoms with Crippen LogP contribution in [0.4, 0.5) is 0 Å². The maximum Gasteiger partial charge on any atom is 0.304 e. The van der Waals surface area contributed by atoms with Gasteiger partial charge in [-0.05, 0) is 62.3 Å². The van der Waals surface area contributed by atoms with Gasteiger partial charge in [0, 0.05) is 29.9 Å². The molecule has 0 atom stereocenters. The third-order valence-electron chi connectivity index (χ3n) is 6.17. The van der Waals surface area contributed by atoms with Crippen molar-refractivity contribution in [2.45, 2.75) is 64.8 Å². The van der Waals surface area contributed by atoms with Crippen LogP contribution in [0, 0.1) is 12.3 Å². The molecule has 0 spiro atoms. The van der Waals surface area contributed by atoms with Crippen LogP contribution in [-0.4, -0.2) is 46.0 Å². The fourth-order valence-electron chi connectivity index (χ4n) is 4.29. The van der Waals surface area contributed by atoms with Crippen LogP contribution in [0.5, 0.6) is 0 Å². The molecule has 4 rings (SSSR count). The summed E-state index contributed by atoms with van der Waals surface area (Å²) in [5.74, 6) is -0.369. The molecular weight excluding hydrogens is 458 g/mol. The highest BCUT2D eigenvalue weighted by Gasteiger charge is 2.32. The number of sulfonamides is 1. The highest BCUT2D eigenvalue weighted by molar-refractivity contribution is 7.89. The molecule has 0 amide bonds. The molecule has 11 heteroatoms. The number of aliphatic carboxylic acids is 1. The predicted molar refractivity (Wildman–Crippen MR) is 125 cm³/mol. The number of nitrogens with one attached hydrogen (secondary N) is 1. The van der Waals surface area contributed by atoms with Crippen LogP contribution in [0.2, 0.25) is 0 Å². The number of hydrogen-bond acceptors (Lipinski definition) is 7. The van der Waals surface area contributed by atoms with Crippen LogP contribution in [0.1, 0.15) is 50.4 Å². The summed E-state index contributed by atoms with van der Waals surface area (Å²) in [6, 6.07) is 4.57. The number of rotatable bonds is 8. The summed E-state index contributed by atoms with van der Waals surface area (Å²) in [6.45, 7) is 8.93. The number of carbonyl (C=O) groups is 1. The molecule has 0 bridgehead atoms. The maximum absolute atomic E-state index is 12.5. The average molecular weight is 488 g/mol. The van der Waals surface area contributed by atoms with Gasteiger partial charge in [0.25, 0.3) is 5.89 Å². The summed E-state index contributed by atoms with van der Waals surface area (Å²) in [7, 11) is -3.83. The molecule has 2 aromatic heterocycles. The van der Waals surface area contributed by atoms with Gasteiger partial charge in [0.1, 0.15) is 0 Å². The largest absolute Gasteiger partial charge is 0.481 e. The van der Waals surface area contributed by atoms with Crippen molar-refractivity contribution in [1.82, 2.24) is 24.6 Å². The monoisotopic (exact) mass is 487 g/mol. The molecule has 2 heterocycles. The standard InChI is InChI=1S/C23H29N5O5S/c1-5-28-18-13-23(3,4)10-8-17(18)20(26-28)22-25-21(27-33-22)16-7-6-15(12-14(16)2)34(31,32)24-11-9-19(29)30/h6-7,12,24H,5,8-11,13H2,1-4H3,(H,29,30). The maximum atomic E-state index is 12.5. The zero-order chi connectivity index (χ0) is 24.7. The Morgan fingerprint density at radius 2 is 2.09 bits per heavy atom. The fraction of sp³-hybridized carbons (Fsp3) is 0.478. The smallest absolute Gasteiger partial charge is 0.304 e. The van der Waals surface area contributed by atoms with Crippen LogP contribution in [-0.2, 0) is 34.2 Å². The Kier molecular flexibility index (Phi) is 6.34. The lowest BCUT2D eigenvalue weighted by molar-refractivity contribution is -0.136. The Balaban J connectivity index is 1.61. The Hall–Kier alpha value is -3.05. The number of carboxylic acid groups (broad SMARTS) is 1. The molecule has 1 aliphatic carbocycles. The number of benzene rings is 1. The third kappa shape index (κ3) is 4.76. The average Bonchev–Trinajstić information content (AvgIpc) is 3.36. The van der Waals surface area contributed by atoms with Crippen LogP contribution in [0.15, 0.2) is 27.6 Å². The third-order valence-corrected chi connectivity index (χ3v) is 7.63. The van der Waals surface area contributed by atoms with Gasteiger partial charge in [-0.15, -0.1) is 0 Å². The van der Waals surface area contributed by atoms with E-state index in [4.69, 9.17) is 14.7 Å². The summed E-state index contributed by atoms with van der Waals surface area (Å²) in [4.78, 5) is 15.3. The van der Waals surface area contributed by atoms with Crippen LogP contribution in [0.25, 0.3) is 23.0 Å². The number of hydrogen-bond donors (Lipinski definition) is 2. The molecule has 0 aliphatic heterocycles. The SMILES string of the molecule is CCn1nc(-c2nc(-c3ccc(S(=O)(=O)NCCC(=O)O)cc3C)no2)c2c1CC(C)(C)CC2. The number of carboxylic acids is 1. The highest BCUT2D eigenvalue weighted by Crippen LogP contribution is 2.39. The Morgan fingerprint density at radius 1 is 1.32 bits per heavy atom. The molecule has 0 saturated heterocycles. The van der Waals surface area contributed by atoms with Crippen molar-refractivity contribution < 1.29 is 22.8 Å². The first-order valence-corrected chi connectivity index (χ1v) is 12.7. The van der Waals surface area contributed by atoms with E-state index in [2.05, 4.69) is 35.6 Å². The second kappa shape index (κ2) is 8.95. The van der Waals surface area contributed by atoms with E-state index in [0.29, 0.717) is 28.5 Å². The lowest BCUT2D eigenvalue weighted by atomic mass is 9.76. The van der Waals surface area contributed by atoms with Crippen molar-refractivity contribution in [3.63, 3.8) is 0 Å². The van der Waals surface area contributed by atoms with E-state index in [1.165, 1.54) is 17.8 Å². The van der Waals surface area contributed by atoms with Gasteiger partial charge in [-0.3, -0.25) is 9.48 Å².